The zero-order valence-electron chi connectivity index (χ0n) is 5.59. The summed E-state index contributed by atoms with van der Waals surface area (Å²) in [4.78, 5) is 0. The number of hydrogen-bond acceptors (Lipinski definition) is 0. The first-order chi connectivity index (χ1) is 3.79. The van der Waals surface area contributed by atoms with E-state index >= 15 is 0 Å². The van der Waals surface area contributed by atoms with E-state index in [1.807, 2.05) is 12.1 Å². The summed E-state index contributed by atoms with van der Waals surface area (Å²) >= 11 is 0. The summed E-state index contributed by atoms with van der Waals surface area (Å²) in [5, 5.41) is 0. The molecule has 1 aromatic rings. The van der Waals surface area contributed by atoms with Crippen molar-refractivity contribution < 1.29 is 32.7 Å². The third kappa shape index (κ3) is 3.03. The fourth-order valence-electron chi connectivity index (χ4n) is 0.588. The van der Waals surface area contributed by atoms with E-state index in [2.05, 4.69) is 26.0 Å². The fraction of sp³-hybridized carbons (Fsp3) is 0.125. The van der Waals surface area contributed by atoms with Gasteiger partial charge in [-0.15, -0.1) is 12.1 Å². The van der Waals surface area contributed by atoms with Crippen LogP contribution in [0.3, 0.4) is 0 Å². The Morgan fingerprint density at radius 2 is 1.56 bits per heavy atom. The third-order valence-corrected chi connectivity index (χ3v) is 1.12. The van der Waals surface area contributed by atoms with Crippen molar-refractivity contribution in [3.8, 4) is 0 Å². The van der Waals surface area contributed by atoms with Gasteiger partial charge in [-0.05, 0) is 6.92 Å². The van der Waals surface area contributed by atoms with Crippen molar-refractivity contribution in [2.75, 3.05) is 0 Å². The van der Waals surface area contributed by atoms with E-state index in [9.17, 15) is 0 Å². The van der Waals surface area contributed by atoms with Crippen LogP contribution in [0.2, 0.25) is 0 Å². The summed E-state index contributed by atoms with van der Waals surface area (Å²) in [6.07, 6.45) is 0. The van der Waals surface area contributed by atoms with Crippen LogP contribution >= 0.6 is 0 Å². The molecule has 0 aliphatic heterocycles. The second-order valence-electron chi connectivity index (χ2n) is 1.99. The van der Waals surface area contributed by atoms with Gasteiger partial charge >= 0.3 is 0 Å². The maximum Gasteiger partial charge on any atom is 0 e. The molecule has 0 spiro atoms. The predicted octanol–water partition coefficient (Wildman–Crippen LogP) is 2.17. The van der Waals surface area contributed by atoms with Crippen LogP contribution in [0.1, 0.15) is 11.1 Å². The Balaban J connectivity index is 0.000000640. The minimum absolute atomic E-state index is 0. The second-order valence-corrected chi connectivity index (χ2v) is 1.99. The molecular weight excluding hydrogens is 185 g/mol. The maximum absolute atomic E-state index is 3.76. The van der Waals surface area contributed by atoms with Crippen LogP contribution in [0.15, 0.2) is 24.3 Å². The molecule has 0 aliphatic rings. The first-order valence-electron chi connectivity index (χ1n) is 2.67. The molecule has 45 valence electrons. The smallest absolute Gasteiger partial charge is 0 e. The number of benzene rings is 1. The van der Waals surface area contributed by atoms with Crippen molar-refractivity contribution in [3.05, 3.63) is 42.3 Å². The van der Waals surface area contributed by atoms with Crippen LogP contribution in [0.25, 0.3) is 0 Å². The Hall–Kier alpha value is 0.194. The maximum atomic E-state index is 3.76. The molecule has 0 bridgehead atoms. The molecule has 0 atom stereocenters. The van der Waals surface area contributed by atoms with Crippen molar-refractivity contribution >= 4 is 0 Å². The van der Waals surface area contributed by atoms with Crippen LogP contribution in [-0.2, 0) is 32.7 Å². The van der Waals surface area contributed by atoms with Gasteiger partial charge in [-0.1, -0.05) is 5.56 Å². The molecular formula is C8H9Y-. The van der Waals surface area contributed by atoms with Crippen molar-refractivity contribution in [2.24, 2.45) is 0 Å². The Bertz CT molecular complexity index is 143. The van der Waals surface area contributed by atoms with E-state index < -0.39 is 0 Å². The van der Waals surface area contributed by atoms with E-state index in [1.165, 1.54) is 5.56 Å². The third-order valence-electron chi connectivity index (χ3n) is 1.12. The van der Waals surface area contributed by atoms with E-state index in [4.69, 9.17) is 0 Å². The molecule has 0 saturated heterocycles. The summed E-state index contributed by atoms with van der Waals surface area (Å²) in [6.45, 7) is 5.83. The molecule has 0 unspecified atom stereocenters. The van der Waals surface area contributed by atoms with Crippen molar-refractivity contribution in [2.45, 2.75) is 6.92 Å². The summed E-state index contributed by atoms with van der Waals surface area (Å²) < 4.78 is 0. The Morgan fingerprint density at radius 3 is 1.89 bits per heavy atom. The fourth-order valence-corrected chi connectivity index (χ4v) is 0.588. The van der Waals surface area contributed by atoms with Crippen LogP contribution in [0.5, 0.6) is 0 Å². The van der Waals surface area contributed by atoms with Gasteiger partial charge in [0, 0.05) is 32.7 Å². The number of hydrogen-bond donors (Lipinski definition) is 0. The van der Waals surface area contributed by atoms with Crippen LogP contribution < -0.4 is 0 Å². The Kier molecular flexibility index (Phi) is 4.17. The zero-order valence-corrected chi connectivity index (χ0v) is 8.43. The standard InChI is InChI=1S/C8H9.Y/c1-7-3-5-8(2)6-4-7;/h3-6H,1H2,2H3;/q-1;. The quantitative estimate of drug-likeness (QED) is 0.555. The summed E-state index contributed by atoms with van der Waals surface area (Å²) in [5.41, 5.74) is 2.37. The molecule has 0 heterocycles. The van der Waals surface area contributed by atoms with Gasteiger partial charge < -0.3 is 0 Å². The van der Waals surface area contributed by atoms with Gasteiger partial charge in [0.15, 0.2) is 0 Å². The first kappa shape index (κ1) is 9.19. The van der Waals surface area contributed by atoms with Crippen LogP contribution in [0, 0.1) is 13.8 Å². The Labute approximate surface area is 81.5 Å². The minimum Gasteiger partial charge on any atom is -0.199 e. The summed E-state index contributed by atoms with van der Waals surface area (Å²) in [5.74, 6) is 0. The average molecular weight is 194 g/mol. The normalized spacial score (nSPS) is 8.11. The molecule has 0 N–H and O–H groups in total. The van der Waals surface area contributed by atoms with E-state index in [1.54, 1.807) is 0 Å². The van der Waals surface area contributed by atoms with Gasteiger partial charge in [0.25, 0.3) is 0 Å². The van der Waals surface area contributed by atoms with Crippen LogP contribution in [-0.4, -0.2) is 0 Å². The van der Waals surface area contributed by atoms with Crippen LogP contribution in [0.4, 0.5) is 0 Å². The predicted molar refractivity (Wildman–Crippen MR) is 35.6 cm³/mol. The molecule has 0 amide bonds. The molecule has 1 heteroatoms. The van der Waals surface area contributed by atoms with Gasteiger partial charge in [-0.25, -0.2) is 0 Å². The second kappa shape index (κ2) is 4.08. The molecule has 0 aliphatic carbocycles. The molecule has 0 aromatic heterocycles. The molecule has 0 saturated carbocycles. The van der Waals surface area contributed by atoms with Gasteiger partial charge in [0.2, 0.25) is 0 Å². The first-order valence-corrected chi connectivity index (χ1v) is 2.67. The molecule has 0 fully saturated rings. The monoisotopic (exact) mass is 194 g/mol. The van der Waals surface area contributed by atoms with Gasteiger partial charge in [0.05, 0.1) is 0 Å². The zero-order chi connectivity index (χ0) is 5.98. The van der Waals surface area contributed by atoms with E-state index in [0.717, 1.165) is 5.56 Å². The SMILES string of the molecule is [CH2-]c1ccc(C)cc1.[Y]. The van der Waals surface area contributed by atoms with Crippen molar-refractivity contribution in [1.82, 2.24) is 0 Å². The minimum atomic E-state index is 0. The summed E-state index contributed by atoms with van der Waals surface area (Å²) in [6, 6.07) is 8.13. The Morgan fingerprint density at radius 1 is 1.11 bits per heavy atom. The van der Waals surface area contributed by atoms with E-state index in [-0.39, 0.29) is 32.7 Å². The van der Waals surface area contributed by atoms with Gasteiger partial charge in [0.1, 0.15) is 0 Å². The summed E-state index contributed by atoms with van der Waals surface area (Å²) in [7, 11) is 0. The molecule has 1 aromatic carbocycles. The average Bonchev–Trinajstić information content (AvgIpc) is 1.77. The number of aryl methyl sites for hydroxylation is 1. The topological polar surface area (TPSA) is 0 Å². The molecule has 1 radical (unpaired) electrons. The van der Waals surface area contributed by atoms with Gasteiger partial charge in [-0.3, -0.25) is 0 Å². The van der Waals surface area contributed by atoms with E-state index in [0.29, 0.717) is 0 Å². The molecule has 0 nitrogen and oxygen atoms in total. The van der Waals surface area contributed by atoms with Gasteiger partial charge in [-0.2, -0.15) is 24.6 Å². The molecule has 9 heavy (non-hydrogen) atoms. The number of rotatable bonds is 0. The largest absolute Gasteiger partial charge is 0.199 e. The van der Waals surface area contributed by atoms with Crippen molar-refractivity contribution in [3.63, 3.8) is 0 Å². The molecule has 1 rings (SSSR count). The van der Waals surface area contributed by atoms with Crippen molar-refractivity contribution in [1.29, 1.82) is 0 Å².